The fourth-order valence-electron chi connectivity index (χ4n) is 11.8. The molecule has 1 amide bonds. The molecule has 0 aromatic carbocycles. The Hall–Kier alpha value is -2.38. The van der Waals surface area contributed by atoms with E-state index in [0.717, 1.165) is 83.5 Å². The fourth-order valence-corrected chi connectivity index (χ4v) is 11.8. The lowest BCUT2D eigenvalue weighted by Gasteiger charge is -2.41. The van der Waals surface area contributed by atoms with Crippen molar-refractivity contribution in [2.75, 3.05) is 13.2 Å². The Morgan fingerprint density at radius 3 is 1.21 bits per heavy atom. The van der Waals surface area contributed by atoms with E-state index in [2.05, 4.69) is 62.5 Å². The first kappa shape index (κ1) is 82.6. The summed E-state index contributed by atoms with van der Waals surface area (Å²) in [7, 11) is 0. The Bertz CT molecular complexity index is 1600. The fraction of sp³-hybridized carbons (Fsp3) is 0.868. The molecule has 11 nitrogen and oxygen atoms in total. The van der Waals surface area contributed by atoms with Gasteiger partial charge in [0.1, 0.15) is 24.4 Å². The average molecular weight is 1230 g/mol. The third-order valence-electron chi connectivity index (χ3n) is 17.7. The van der Waals surface area contributed by atoms with Crippen LogP contribution in [0, 0.1) is 0 Å². The molecule has 1 aliphatic heterocycles. The van der Waals surface area contributed by atoms with Crippen LogP contribution in [-0.4, -0.2) is 99.6 Å². The summed E-state index contributed by atoms with van der Waals surface area (Å²) in [6.45, 7) is 5.81. The molecule has 1 saturated heterocycles. The average Bonchev–Trinajstić information content (AvgIpc) is 2.75. The van der Waals surface area contributed by atoms with Gasteiger partial charge in [0.2, 0.25) is 5.91 Å². The number of carbonyl (C=O) groups excluding carboxylic acids is 2. The van der Waals surface area contributed by atoms with Gasteiger partial charge in [-0.05, 0) is 64.2 Å². The van der Waals surface area contributed by atoms with Crippen LogP contribution in [-0.2, 0) is 23.8 Å². The van der Waals surface area contributed by atoms with Crippen LogP contribution < -0.4 is 5.32 Å². The number of hydrogen-bond donors (Lipinski definition) is 6. The molecule has 1 heterocycles. The van der Waals surface area contributed by atoms with Gasteiger partial charge in [0.25, 0.3) is 0 Å². The number of aliphatic hydroxyl groups is 5. The first-order valence-electron chi connectivity index (χ1n) is 37.4. The molecular formula is C76H141NO10. The van der Waals surface area contributed by atoms with E-state index in [4.69, 9.17) is 14.2 Å². The van der Waals surface area contributed by atoms with Crippen molar-refractivity contribution in [1.82, 2.24) is 5.32 Å². The van der Waals surface area contributed by atoms with Crippen molar-refractivity contribution in [3.63, 3.8) is 0 Å². The molecule has 8 atom stereocenters. The Morgan fingerprint density at radius 2 is 0.793 bits per heavy atom. The standard InChI is InChI=1S/C76H141NO10/c1-4-7-10-13-16-19-22-25-27-29-31-32-33-34-35-36-37-38-39-41-43-46-49-52-55-58-61-64-71(81)87-74-73(83)72(82)70(65-78)86-76(74)85-66-67(68(79)62-59-56-53-50-47-44-24-21-18-15-12-9-6-3)77-75(84)69(80)63-60-57-54-51-48-45-42-40-30-28-26-23-20-17-14-11-8-5-2/h17,20,26,28,40,42,59,62,67-70,72-74,76,78-80,82-83H,4-16,18-19,21-25,27,29-39,41,43-58,60-61,63-66H2,1-3H3,(H,77,84)/b20-17-,28-26-,42-40-,62-59+. The normalized spacial score (nSPS) is 18.5. The third-order valence-corrected chi connectivity index (χ3v) is 17.7. The Morgan fingerprint density at radius 1 is 0.448 bits per heavy atom. The molecule has 510 valence electrons. The summed E-state index contributed by atoms with van der Waals surface area (Å²) in [6.07, 6.45) is 70.2. The Balaban J connectivity index is 2.53. The van der Waals surface area contributed by atoms with Crippen molar-refractivity contribution in [2.45, 2.75) is 410 Å². The minimum Gasteiger partial charge on any atom is -0.454 e. The summed E-state index contributed by atoms with van der Waals surface area (Å²) in [5.74, 6) is -1.19. The van der Waals surface area contributed by atoms with E-state index in [1.165, 1.54) is 231 Å². The Labute approximate surface area is 536 Å². The quantitative estimate of drug-likeness (QED) is 0.0195. The van der Waals surface area contributed by atoms with E-state index in [1.807, 2.05) is 6.08 Å². The van der Waals surface area contributed by atoms with Crippen molar-refractivity contribution < 1.29 is 49.3 Å². The zero-order valence-electron chi connectivity index (χ0n) is 56.9. The number of aliphatic hydroxyl groups excluding tert-OH is 5. The van der Waals surface area contributed by atoms with Gasteiger partial charge in [-0.15, -0.1) is 0 Å². The molecule has 8 unspecified atom stereocenters. The van der Waals surface area contributed by atoms with Gasteiger partial charge >= 0.3 is 5.97 Å². The first-order valence-corrected chi connectivity index (χ1v) is 37.4. The Kier molecular flexibility index (Phi) is 60.6. The number of allylic oxidation sites excluding steroid dienone is 7. The lowest BCUT2D eigenvalue weighted by Crippen LogP contribution is -2.61. The van der Waals surface area contributed by atoms with Crippen LogP contribution >= 0.6 is 0 Å². The lowest BCUT2D eigenvalue weighted by atomic mass is 9.99. The number of hydrogen-bond acceptors (Lipinski definition) is 10. The molecule has 0 aromatic heterocycles. The zero-order valence-corrected chi connectivity index (χ0v) is 56.9. The number of nitrogens with one attached hydrogen (secondary N) is 1. The molecule has 0 radical (unpaired) electrons. The van der Waals surface area contributed by atoms with Gasteiger partial charge in [-0.25, -0.2) is 0 Å². The first-order chi connectivity index (χ1) is 42.7. The predicted octanol–water partition coefficient (Wildman–Crippen LogP) is 19.5. The topological polar surface area (TPSA) is 175 Å². The van der Waals surface area contributed by atoms with Crippen LogP contribution in [0.1, 0.15) is 361 Å². The molecule has 1 rings (SSSR count). The summed E-state index contributed by atoms with van der Waals surface area (Å²) in [4.78, 5) is 26.7. The smallest absolute Gasteiger partial charge is 0.306 e. The molecule has 0 bridgehead atoms. The number of carbonyl (C=O) groups is 2. The molecule has 0 aromatic rings. The van der Waals surface area contributed by atoms with E-state index in [1.54, 1.807) is 6.08 Å². The van der Waals surface area contributed by atoms with Crippen LogP contribution in [0.25, 0.3) is 0 Å². The second-order valence-corrected chi connectivity index (χ2v) is 26.0. The van der Waals surface area contributed by atoms with Crippen molar-refractivity contribution in [3.05, 3.63) is 48.6 Å². The van der Waals surface area contributed by atoms with Crippen molar-refractivity contribution >= 4 is 11.9 Å². The summed E-state index contributed by atoms with van der Waals surface area (Å²) in [5, 5.41) is 57.3. The predicted molar refractivity (Wildman–Crippen MR) is 366 cm³/mol. The van der Waals surface area contributed by atoms with Crippen molar-refractivity contribution in [1.29, 1.82) is 0 Å². The molecule has 87 heavy (non-hydrogen) atoms. The highest BCUT2D eigenvalue weighted by atomic mass is 16.7. The van der Waals surface area contributed by atoms with Crippen LogP contribution in [0.2, 0.25) is 0 Å². The van der Waals surface area contributed by atoms with Crippen molar-refractivity contribution in [2.24, 2.45) is 0 Å². The van der Waals surface area contributed by atoms with Gasteiger partial charge < -0.3 is 45.1 Å². The second-order valence-electron chi connectivity index (χ2n) is 26.0. The molecule has 1 aliphatic rings. The lowest BCUT2D eigenvalue weighted by molar-refractivity contribution is -0.305. The van der Waals surface area contributed by atoms with Gasteiger partial charge in [0.15, 0.2) is 12.4 Å². The number of unbranched alkanes of at least 4 members (excludes halogenated alkanes) is 45. The van der Waals surface area contributed by atoms with Crippen LogP contribution in [0.4, 0.5) is 0 Å². The SMILES string of the molecule is CCCCC/C=C\C/C=C\C/C=C\CCCCCCCC(O)C(=O)NC(COC1OC(CO)C(O)C(O)C1OC(=O)CCCCCCCCCCCCCCCCCCCCCCCCCCCCC)C(O)/C=C/CCCCCCCCCCCCC. The minimum absolute atomic E-state index is 0.126. The monoisotopic (exact) mass is 1230 g/mol. The summed E-state index contributed by atoms with van der Waals surface area (Å²) in [6, 6.07) is -1.03. The highest BCUT2D eigenvalue weighted by Gasteiger charge is 2.47. The maximum absolute atomic E-state index is 13.5. The number of ether oxygens (including phenoxy) is 3. The summed E-state index contributed by atoms with van der Waals surface area (Å²) in [5.41, 5.74) is 0. The molecule has 1 fully saturated rings. The number of amides is 1. The molecular weight excluding hydrogens is 1090 g/mol. The van der Waals surface area contributed by atoms with Gasteiger partial charge in [-0.2, -0.15) is 0 Å². The molecule has 0 saturated carbocycles. The number of esters is 1. The van der Waals surface area contributed by atoms with Crippen molar-refractivity contribution in [3.8, 4) is 0 Å². The molecule has 0 aliphatic carbocycles. The second kappa shape index (κ2) is 63.8. The van der Waals surface area contributed by atoms with E-state index in [-0.39, 0.29) is 19.4 Å². The number of rotatable bonds is 65. The van der Waals surface area contributed by atoms with Gasteiger partial charge in [0.05, 0.1) is 25.4 Å². The highest BCUT2D eigenvalue weighted by Crippen LogP contribution is 2.27. The van der Waals surface area contributed by atoms with E-state index in [0.29, 0.717) is 12.8 Å². The molecule has 6 N–H and O–H groups in total. The highest BCUT2D eigenvalue weighted by molar-refractivity contribution is 5.80. The minimum atomic E-state index is -1.62. The van der Waals surface area contributed by atoms with E-state index in [9.17, 15) is 35.1 Å². The van der Waals surface area contributed by atoms with Crippen LogP contribution in [0.15, 0.2) is 48.6 Å². The van der Waals surface area contributed by atoms with E-state index < -0.39 is 67.4 Å². The van der Waals surface area contributed by atoms with Gasteiger partial charge in [-0.1, -0.05) is 339 Å². The molecule has 0 spiro atoms. The zero-order chi connectivity index (χ0) is 63.1. The maximum atomic E-state index is 13.5. The van der Waals surface area contributed by atoms with E-state index >= 15 is 0 Å². The van der Waals surface area contributed by atoms with Crippen LogP contribution in [0.5, 0.6) is 0 Å². The van der Waals surface area contributed by atoms with Crippen LogP contribution in [0.3, 0.4) is 0 Å². The third kappa shape index (κ3) is 50.9. The maximum Gasteiger partial charge on any atom is 0.306 e. The van der Waals surface area contributed by atoms with Gasteiger partial charge in [0, 0.05) is 6.42 Å². The molecule has 11 heteroatoms. The summed E-state index contributed by atoms with van der Waals surface area (Å²) < 4.78 is 17.7. The largest absolute Gasteiger partial charge is 0.454 e. The summed E-state index contributed by atoms with van der Waals surface area (Å²) >= 11 is 0. The van der Waals surface area contributed by atoms with Gasteiger partial charge in [-0.3, -0.25) is 9.59 Å².